The van der Waals surface area contributed by atoms with Gasteiger partial charge < -0.3 is 14.8 Å². The number of rotatable bonds is 8. The molecule has 0 fully saturated rings. The van der Waals surface area contributed by atoms with Gasteiger partial charge in [0.15, 0.2) is 12.4 Å². The van der Waals surface area contributed by atoms with E-state index in [9.17, 15) is 18.8 Å². The van der Waals surface area contributed by atoms with Gasteiger partial charge in [0, 0.05) is 5.56 Å². The van der Waals surface area contributed by atoms with Crippen molar-refractivity contribution in [2.24, 2.45) is 0 Å². The molecule has 0 bridgehead atoms. The summed E-state index contributed by atoms with van der Waals surface area (Å²) in [4.78, 5) is 34.6. The number of ether oxygens (including phenoxy) is 2. The molecule has 1 N–H and O–H groups in total. The van der Waals surface area contributed by atoms with Crippen molar-refractivity contribution in [3.63, 3.8) is 0 Å². The summed E-state index contributed by atoms with van der Waals surface area (Å²) in [5, 5.41) is 2.46. The predicted molar refractivity (Wildman–Crippen MR) is 97.6 cm³/mol. The number of Topliss-reactive ketones (excluding diaryl/α,β-unsaturated/α-hetero) is 1. The van der Waals surface area contributed by atoms with Gasteiger partial charge in [-0.15, -0.1) is 0 Å². The van der Waals surface area contributed by atoms with Crippen molar-refractivity contribution in [3.8, 4) is 5.75 Å². The molecule has 0 spiro atoms. The van der Waals surface area contributed by atoms with E-state index in [0.29, 0.717) is 11.3 Å². The van der Waals surface area contributed by atoms with E-state index in [0.717, 1.165) is 12.1 Å². The lowest BCUT2D eigenvalue weighted by molar-refractivity contribution is -0.147. The van der Waals surface area contributed by atoms with Gasteiger partial charge in [-0.2, -0.15) is 0 Å². The molecule has 1 amide bonds. The Balaban J connectivity index is 1.69. The van der Waals surface area contributed by atoms with Gasteiger partial charge in [0.1, 0.15) is 11.6 Å². The Morgan fingerprint density at radius 1 is 1.11 bits per heavy atom. The predicted octanol–water partition coefficient (Wildman–Crippen LogP) is 3.63. The zero-order valence-electron chi connectivity index (χ0n) is 14.5. The second-order valence-electron chi connectivity index (χ2n) is 5.51. The van der Waals surface area contributed by atoms with Crippen LogP contribution in [-0.4, -0.2) is 30.9 Å². The van der Waals surface area contributed by atoms with Crippen molar-refractivity contribution in [2.45, 2.75) is 13.3 Å². The molecule has 0 aliphatic heterocycles. The summed E-state index contributed by atoms with van der Waals surface area (Å²) >= 11 is 5.79. The number of carbonyl (C=O) groups excluding carboxylic acids is 3. The van der Waals surface area contributed by atoms with Crippen LogP contribution in [0.5, 0.6) is 5.75 Å². The third-order valence-corrected chi connectivity index (χ3v) is 3.72. The summed E-state index contributed by atoms with van der Waals surface area (Å²) in [7, 11) is 0. The van der Waals surface area contributed by atoms with E-state index < -0.39 is 24.3 Å². The molecule has 0 heterocycles. The second kappa shape index (κ2) is 9.68. The Labute approximate surface area is 160 Å². The van der Waals surface area contributed by atoms with E-state index in [-0.39, 0.29) is 29.5 Å². The summed E-state index contributed by atoms with van der Waals surface area (Å²) < 4.78 is 23.2. The maximum absolute atomic E-state index is 12.9. The van der Waals surface area contributed by atoms with E-state index in [1.807, 2.05) is 0 Å². The number of amides is 1. The lowest BCUT2D eigenvalue weighted by Gasteiger charge is -2.09. The minimum atomic E-state index is -0.615. The van der Waals surface area contributed by atoms with Crippen molar-refractivity contribution in [1.29, 1.82) is 0 Å². The standard InChI is InChI=1S/C19H17ClFNO5/c1-12(23)13-2-5-15(6-3-13)26-9-8-19(25)27-11-18(24)22-17-7-4-14(21)10-16(17)20/h2-7,10H,8-9,11H2,1H3,(H,22,24). The van der Waals surface area contributed by atoms with Crippen molar-refractivity contribution in [1.82, 2.24) is 0 Å². The molecular formula is C19H17ClFNO5. The first-order valence-electron chi connectivity index (χ1n) is 7.99. The second-order valence-corrected chi connectivity index (χ2v) is 5.92. The monoisotopic (exact) mass is 393 g/mol. The van der Waals surface area contributed by atoms with E-state index in [2.05, 4.69) is 5.32 Å². The molecule has 27 heavy (non-hydrogen) atoms. The van der Waals surface area contributed by atoms with Gasteiger partial charge in [0.2, 0.25) is 0 Å². The maximum atomic E-state index is 12.9. The molecule has 0 atom stereocenters. The quantitative estimate of drug-likeness (QED) is 0.547. The van der Waals surface area contributed by atoms with Crippen molar-refractivity contribution in [3.05, 3.63) is 58.9 Å². The fourth-order valence-corrected chi connectivity index (χ4v) is 2.25. The van der Waals surface area contributed by atoms with Crippen molar-refractivity contribution < 1.29 is 28.2 Å². The fourth-order valence-electron chi connectivity index (χ4n) is 2.03. The molecule has 8 heteroatoms. The molecule has 0 unspecified atom stereocenters. The van der Waals surface area contributed by atoms with Gasteiger partial charge in [0.25, 0.3) is 5.91 Å². The number of esters is 1. The Morgan fingerprint density at radius 3 is 2.44 bits per heavy atom. The van der Waals surface area contributed by atoms with Crippen LogP contribution in [-0.2, 0) is 14.3 Å². The topological polar surface area (TPSA) is 81.7 Å². The normalized spacial score (nSPS) is 10.2. The highest BCUT2D eigenvalue weighted by atomic mass is 35.5. The summed E-state index contributed by atoms with van der Waals surface area (Å²) in [5.41, 5.74) is 0.783. The highest BCUT2D eigenvalue weighted by Crippen LogP contribution is 2.22. The van der Waals surface area contributed by atoms with Crippen LogP contribution in [0.2, 0.25) is 5.02 Å². The molecule has 0 saturated carbocycles. The molecular weight excluding hydrogens is 377 g/mol. The molecule has 0 radical (unpaired) electrons. The number of hydrogen-bond donors (Lipinski definition) is 1. The number of carbonyl (C=O) groups is 3. The molecule has 0 aromatic heterocycles. The molecule has 0 aliphatic rings. The molecule has 142 valence electrons. The van der Waals surface area contributed by atoms with Crippen molar-refractivity contribution in [2.75, 3.05) is 18.5 Å². The van der Waals surface area contributed by atoms with Gasteiger partial charge >= 0.3 is 5.97 Å². The maximum Gasteiger partial charge on any atom is 0.309 e. The molecule has 2 aromatic rings. The lowest BCUT2D eigenvalue weighted by Crippen LogP contribution is -2.21. The number of nitrogens with one attached hydrogen (secondary N) is 1. The van der Waals surface area contributed by atoms with E-state index in [4.69, 9.17) is 21.1 Å². The van der Waals surface area contributed by atoms with Crippen LogP contribution in [0.25, 0.3) is 0 Å². The Kier molecular flexibility index (Phi) is 7.31. The molecule has 2 aromatic carbocycles. The van der Waals surface area contributed by atoms with E-state index >= 15 is 0 Å². The fraction of sp³-hybridized carbons (Fsp3) is 0.211. The Hall–Kier alpha value is -2.93. The molecule has 2 rings (SSSR count). The van der Waals surface area contributed by atoms with Gasteiger partial charge in [-0.1, -0.05) is 11.6 Å². The number of ketones is 1. The van der Waals surface area contributed by atoms with Crippen LogP contribution in [0.15, 0.2) is 42.5 Å². The van der Waals surface area contributed by atoms with Crippen LogP contribution >= 0.6 is 11.6 Å². The number of anilines is 1. The minimum Gasteiger partial charge on any atom is -0.493 e. The summed E-state index contributed by atoms with van der Waals surface area (Å²) in [6.07, 6.45) is -0.0565. The molecule has 0 saturated heterocycles. The third-order valence-electron chi connectivity index (χ3n) is 3.41. The Morgan fingerprint density at radius 2 is 1.81 bits per heavy atom. The van der Waals surface area contributed by atoms with Gasteiger partial charge in [-0.05, 0) is 49.4 Å². The van der Waals surface area contributed by atoms with Gasteiger partial charge in [-0.25, -0.2) is 4.39 Å². The number of benzene rings is 2. The van der Waals surface area contributed by atoms with Crippen LogP contribution in [0.1, 0.15) is 23.7 Å². The van der Waals surface area contributed by atoms with Gasteiger partial charge in [-0.3, -0.25) is 14.4 Å². The third kappa shape index (κ3) is 6.71. The highest BCUT2D eigenvalue weighted by molar-refractivity contribution is 6.33. The van der Waals surface area contributed by atoms with E-state index in [1.54, 1.807) is 24.3 Å². The summed E-state index contributed by atoms with van der Waals surface area (Å²) in [6.45, 7) is 1.02. The average molecular weight is 394 g/mol. The number of halogens is 2. The first kappa shape index (κ1) is 20.4. The van der Waals surface area contributed by atoms with Crippen LogP contribution in [0.4, 0.5) is 10.1 Å². The zero-order valence-corrected chi connectivity index (χ0v) is 15.2. The SMILES string of the molecule is CC(=O)c1ccc(OCCC(=O)OCC(=O)Nc2ccc(F)cc2Cl)cc1. The number of hydrogen-bond acceptors (Lipinski definition) is 5. The minimum absolute atomic E-state index is 0.0406. The first-order chi connectivity index (χ1) is 12.8. The van der Waals surface area contributed by atoms with Crippen molar-refractivity contribution >= 4 is 34.9 Å². The molecule has 6 nitrogen and oxygen atoms in total. The summed E-state index contributed by atoms with van der Waals surface area (Å²) in [6, 6.07) is 10.0. The Bertz CT molecular complexity index is 838. The van der Waals surface area contributed by atoms with Crippen LogP contribution in [0.3, 0.4) is 0 Å². The average Bonchev–Trinajstić information content (AvgIpc) is 2.63. The van der Waals surface area contributed by atoms with Gasteiger partial charge in [0.05, 0.1) is 23.7 Å². The smallest absolute Gasteiger partial charge is 0.309 e. The zero-order chi connectivity index (χ0) is 19.8. The first-order valence-corrected chi connectivity index (χ1v) is 8.37. The summed E-state index contributed by atoms with van der Waals surface area (Å²) in [5.74, 6) is -1.28. The van der Waals surface area contributed by atoms with Crippen LogP contribution in [0, 0.1) is 5.82 Å². The van der Waals surface area contributed by atoms with Crippen LogP contribution < -0.4 is 10.1 Å². The van der Waals surface area contributed by atoms with E-state index in [1.165, 1.54) is 13.0 Å². The lowest BCUT2D eigenvalue weighted by atomic mass is 10.1. The highest BCUT2D eigenvalue weighted by Gasteiger charge is 2.10. The largest absolute Gasteiger partial charge is 0.493 e. The molecule has 0 aliphatic carbocycles.